The van der Waals surface area contributed by atoms with E-state index >= 15 is 0 Å². The standard InChI is InChI=1S/C10H19ClN2/c1-2-7-12-9-5-10-13(12)8-4-3-6-11/h5,9H,2-4,6-8,10H2,1H3. The van der Waals surface area contributed by atoms with Gasteiger partial charge >= 0.3 is 0 Å². The fraction of sp³-hybridized carbons (Fsp3) is 0.800. The second kappa shape index (κ2) is 6.28. The van der Waals surface area contributed by atoms with E-state index in [1.807, 2.05) is 0 Å². The summed E-state index contributed by atoms with van der Waals surface area (Å²) in [6.45, 7) is 5.56. The van der Waals surface area contributed by atoms with E-state index in [0.29, 0.717) is 0 Å². The first-order chi connectivity index (χ1) is 6.38. The Morgan fingerprint density at radius 1 is 1.31 bits per heavy atom. The van der Waals surface area contributed by atoms with Crippen LogP contribution in [0.5, 0.6) is 0 Å². The number of hydrogen-bond acceptors (Lipinski definition) is 2. The minimum atomic E-state index is 0.787. The van der Waals surface area contributed by atoms with Crippen LogP contribution in [0, 0.1) is 0 Å². The summed E-state index contributed by atoms with van der Waals surface area (Å²) >= 11 is 5.64. The number of hydrogen-bond donors (Lipinski definition) is 0. The highest BCUT2D eigenvalue weighted by molar-refractivity contribution is 6.17. The maximum atomic E-state index is 5.64. The number of hydrazine groups is 1. The van der Waals surface area contributed by atoms with Crippen molar-refractivity contribution in [2.45, 2.75) is 26.2 Å². The first-order valence-electron chi connectivity index (χ1n) is 5.12. The van der Waals surface area contributed by atoms with Crippen LogP contribution >= 0.6 is 11.6 Å². The Morgan fingerprint density at radius 2 is 2.15 bits per heavy atom. The molecule has 1 heterocycles. The lowest BCUT2D eigenvalue weighted by molar-refractivity contribution is 0.0507. The van der Waals surface area contributed by atoms with Gasteiger partial charge in [-0.25, -0.2) is 5.01 Å². The fourth-order valence-corrected chi connectivity index (χ4v) is 1.73. The zero-order chi connectivity index (χ0) is 9.52. The van der Waals surface area contributed by atoms with Crippen LogP contribution < -0.4 is 0 Å². The van der Waals surface area contributed by atoms with E-state index in [1.165, 1.54) is 12.8 Å². The zero-order valence-electron chi connectivity index (χ0n) is 8.38. The molecule has 0 saturated carbocycles. The van der Waals surface area contributed by atoms with Gasteiger partial charge in [-0.05, 0) is 19.3 Å². The monoisotopic (exact) mass is 202 g/mol. The maximum Gasteiger partial charge on any atom is 0.0379 e. The van der Waals surface area contributed by atoms with Gasteiger partial charge in [0.15, 0.2) is 0 Å². The van der Waals surface area contributed by atoms with Crippen molar-refractivity contribution in [3.63, 3.8) is 0 Å². The number of rotatable bonds is 6. The van der Waals surface area contributed by atoms with Crippen molar-refractivity contribution in [3.8, 4) is 0 Å². The third kappa shape index (κ3) is 3.57. The fourth-order valence-electron chi connectivity index (χ4n) is 1.54. The molecule has 76 valence electrons. The number of halogens is 1. The van der Waals surface area contributed by atoms with Crippen molar-refractivity contribution in [2.75, 3.05) is 25.5 Å². The molecule has 0 atom stereocenters. The van der Waals surface area contributed by atoms with E-state index in [-0.39, 0.29) is 0 Å². The molecule has 0 N–H and O–H groups in total. The van der Waals surface area contributed by atoms with E-state index in [2.05, 4.69) is 29.2 Å². The Kier molecular flexibility index (Phi) is 5.25. The second-order valence-electron chi connectivity index (χ2n) is 3.36. The van der Waals surface area contributed by atoms with Gasteiger partial charge in [0.2, 0.25) is 0 Å². The number of alkyl halides is 1. The molecule has 0 spiro atoms. The predicted octanol–water partition coefficient (Wildman–Crippen LogP) is 2.46. The summed E-state index contributed by atoms with van der Waals surface area (Å²) < 4.78 is 0. The quantitative estimate of drug-likeness (QED) is 0.482. The lowest BCUT2D eigenvalue weighted by Crippen LogP contribution is -2.36. The van der Waals surface area contributed by atoms with Gasteiger partial charge in [-0.3, -0.25) is 0 Å². The van der Waals surface area contributed by atoms with Crippen molar-refractivity contribution in [3.05, 3.63) is 12.3 Å². The molecule has 0 amide bonds. The predicted molar refractivity (Wildman–Crippen MR) is 57.7 cm³/mol. The van der Waals surface area contributed by atoms with Crippen LogP contribution in [-0.4, -0.2) is 35.5 Å². The average molecular weight is 203 g/mol. The summed E-state index contributed by atoms with van der Waals surface area (Å²) in [5, 5.41) is 4.70. The molecule has 13 heavy (non-hydrogen) atoms. The Balaban J connectivity index is 2.17. The summed E-state index contributed by atoms with van der Waals surface area (Å²) in [5.74, 6) is 0.787. The molecule has 0 radical (unpaired) electrons. The highest BCUT2D eigenvalue weighted by Crippen LogP contribution is 2.09. The maximum absolute atomic E-state index is 5.64. The lowest BCUT2D eigenvalue weighted by Gasteiger charge is -2.28. The van der Waals surface area contributed by atoms with Gasteiger partial charge in [0.1, 0.15) is 0 Å². The Morgan fingerprint density at radius 3 is 2.85 bits per heavy atom. The van der Waals surface area contributed by atoms with Gasteiger partial charge in [0.25, 0.3) is 0 Å². The normalized spacial score (nSPS) is 17.2. The van der Waals surface area contributed by atoms with Gasteiger partial charge in [0, 0.05) is 31.7 Å². The number of nitrogens with zero attached hydrogens (tertiary/aromatic N) is 2. The minimum absolute atomic E-state index is 0.787. The summed E-state index contributed by atoms with van der Waals surface area (Å²) in [6.07, 6.45) is 7.93. The molecule has 0 aliphatic carbocycles. The molecule has 3 heteroatoms. The van der Waals surface area contributed by atoms with Crippen LogP contribution in [0.4, 0.5) is 0 Å². The van der Waals surface area contributed by atoms with Gasteiger partial charge in [0.05, 0.1) is 0 Å². The van der Waals surface area contributed by atoms with Crippen molar-refractivity contribution in [1.29, 1.82) is 0 Å². The molecule has 1 aliphatic rings. The van der Waals surface area contributed by atoms with Crippen LogP contribution in [-0.2, 0) is 0 Å². The van der Waals surface area contributed by atoms with Gasteiger partial charge in [-0.1, -0.05) is 13.0 Å². The van der Waals surface area contributed by atoms with E-state index < -0.39 is 0 Å². The van der Waals surface area contributed by atoms with Crippen molar-refractivity contribution >= 4 is 11.6 Å². The van der Waals surface area contributed by atoms with Gasteiger partial charge in [-0.15, -0.1) is 11.6 Å². The van der Waals surface area contributed by atoms with Gasteiger partial charge < -0.3 is 5.01 Å². The first-order valence-corrected chi connectivity index (χ1v) is 5.66. The Bertz CT molecular complexity index is 159. The average Bonchev–Trinajstić information content (AvgIpc) is 2.54. The first kappa shape index (κ1) is 10.9. The highest BCUT2D eigenvalue weighted by atomic mass is 35.5. The summed E-state index contributed by atoms with van der Waals surface area (Å²) in [7, 11) is 0. The number of unbranched alkanes of at least 4 members (excludes halogenated alkanes) is 1. The van der Waals surface area contributed by atoms with Crippen LogP contribution in [0.15, 0.2) is 12.3 Å². The van der Waals surface area contributed by atoms with Crippen molar-refractivity contribution in [2.24, 2.45) is 0 Å². The molecular weight excluding hydrogens is 184 g/mol. The summed E-state index contributed by atoms with van der Waals surface area (Å²) in [6, 6.07) is 0. The third-order valence-corrected chi connectivity index (χ3v) is 2.48. The van der Waals surface area contributed by atoms with E-state index in [9.17, 15) is 0 Å². The Hall–Kier alpha value is -0.210. The molecule has 0 fully saturated rings. The van der Waals surface area contributed by atoms with Gasteiger partial charge in [-0.2, -0.15) is 0 Å². The molecule has 2 nitrogen and oxygen atoms in total. The van der Waals surface area contributed by atoms with E-state index in [0.717, 1.165) is 31.9 Å². The van der Waals surface area contributed by atoms with Crippen LogP contribution in [0.25, 0.3) is 0 Å². The largest absolute Gasteiger partial charge is 0.313 e. The van der Waals surface area contributed by atoms with E-state index in [4.69, 9.17) is 11.6 Å². The zero-order valence-corrected chi connectivity index (χ0v) is 9.13. The Labute approximate surface area is 86.1 Å². The second-order valence-corrected chi connectivity index (χ2v) is 3.73. The highest BCUT2D eigenvalue weighted by Gasteiger charge is 2.13. The van der Waals surface area contributed by atoms with Crippen molar-refractivity contribution in [1.82, 2.24) is 10.0 Å². The molecule has 0 bridgehead atoms. The smallest absolute Gasteiger partial charge is 0.0379 e. The van der Waals surface area contributed by atoms with Crippen LogP contribution in [0.3, 0.4) is 0 Å². The lowest BCUT2D eigenvalue weighted by atomic mass is 10.3. The molecule has 0 unspecified atom stereocenters. The molecule has 1 rings (SSSR count). The van der Waals surface area contributed by atoms with Crippen LogP contribution in [0.1, 0.15) is 26.2 Å². The minimum Gasteiger partial charge on any atom is -0.313 e. The molecule has 1 aliphatic heterocycles. The van der Waals surface area contributed by atoms with Crippen LogP contribution in [0.2, 0.25) is 0 Å². The van der Waals surface area contributed by atoms with Crippen molar-refractivity contribution < 1.29 is 0 Å². The molecule has 0 aromatic rings. The third-order valence-electron chi connectivity index (χ3n) is 2.21. The molecule has 0 aromatic heterocycles. The summed E-state index contributed by atoms with van der Waals surface area (Å²) in [5.41, 5.74) is 0. The summed E-state index contributed by atoms with van der Waals surface area (Å²) in [4.78, 5) is 0. The molecular formula is C10H19ClN2. The topological polar surface area (TPSA) is 6.48 Å². The molecule has 0 saturated heterocycles. The van der Waals surface area contributed by atoms with E-state index in [1.54, 1.807) is 0 Å². The molecule has 0 aromatic carbocycles. The SMILES string of the molecule is CCCN1C=CCN1CCCCCl.